The summed E-state index contributed by atoms with van der Waals surface area (Å²) in [4.78, 5) is 44.5. The average Bonchev–Trinajstić information content (AvgIpc) is 3.25. The van der Waals surface area contributed by atoms with Crippen molar-refractivity contribution in [1.29, 1.82) is 0 Å². The first kappa shape index (κ1) is 30.1. The van der Waals surface area contributed by atoms with Gasteiger partial charge < -0.3 is 10.6 Å². The number of sulfonamides is 1. The predicted octanol–water partition coefficient (Wildman–Crippen LogP) is 4.27. The molecule has 1 fully saturated rings. The lowest BCUT2D eigenvalue weighted by atomic mass is 9.99. The van der Waals surface area contributed by atoms with E-state index in [1.165, 1.54) is 12.3 Å². The quantitative estimate of drug-likeness (QED) is 0.267. The van der Waals surface area contributed by atoms with Crippen LogP contribution in [0.15, 0.2) is 114 Å². The first-order chi connectivity index (χ1) is 21.8. The standard InChI is InChI=1S/C35H32N4O5S/c40-32-23-39(45(43,44)33-13-5-6-18-36-33)19-7-12-30(32)37-35(42)31(21-24-14-15-25-8-1-3-10-27(25)20-24)38-34(41)29-17-16-26-9-2-4-11-28(26)22-29/h1-6,8-11,13-18,20,22,30-31H,7,12,19,21,23H2,(H,37,42)(H,38,41)/t30-,31-/m0/s1. The number of carbonyl (C=O) groups excluding carboxylic acids is 3. The number of fused-ring (bicyclic) bond motifs is 2. The molecule has 1 saturated heterocycles. The number of aromatic nitrogens is 1. The van der Waals surface area contributed by atoms with Crippen LogP contribution in [0.5, 0.6) is 0 Å². The van der Waals surface area contributed by atoms with Crippen molar-refractivity contribution in [2.75, 3.05) is 13.1 Å². The Kier molecular flexibility index (Phi) is 8.68. The maximum atomic E-state index is 13.8. The molecule has 2 atom stereocenters. The molecule has 2 heterocycles. The number of pyridine rings is 1. The zero-order valence-corrected chi connectivity index (χ0v) is 25.2. The van der Waals surface area contributed by atoms with Crippen molar-refractivity contribution in [3.05, 3.63) is 120 Å². The topological polar surface area (TPSA) is 126 Å². The molecule has 6 rings (SSSR count). The minimum atomic E-state index is -3.98. The Morgan fingerprint density at radius 2 is 1.51 bits per heavy atom. The molecule has 45 heavy (non-hydrogen) atoms. The first-order valence-electron chi connectivity index (χ1n) is 14.8. The van der Waals surface area contributed by atoms with E-state index in [-0.39, 0.29) is 31.0 Å². The summed E-state index contributed by atoms with van der Waals surface area (Å²) in [5, 5.41) is 9.53. The van der Waals surface area contributed by atoms with Crippen molar-refractivity contribution >= 4 is 49.2 Å². The smallest absolute Gasteiger partial charge is 0.260 e. The van der Waals surface area contributed by atoms with Crippen LogP contribution < -0.4 is 10.6 Å². The summed E-state index contributed by atoms with van der Waals surface area (Å²) < 4.78 is 27.4. The number of nitrogens with one attached hydrogen (secondary N) is 2. The molecule has 1 aromatic heterocycles. The zero-order chi connectivity index (χ0) is 31.4. The van der Waals surface area contributed by atoms with Crippen molar-refractivity contribution in [2.45, 2.75) is 36.4 Å². The Labute approximate surface area is 261 Å². The van der Waals surface area contributed by atoms with Gasteiger partial charge in [0.25, 0.3) is 15.9 Å². The fourth-order valence-electron chi connectivity index (χ4n) is 5.64. The van der Waals surface area contributed by atoms with Crippen LogP contribution in [0.4, 0.5) is 0 Å². The first-order valence-corrected chi connectivity index (χ1v) is 16.2. The maximum Gasteiger partial charge on any atom is 0.260 e. The van der Waals surface area contributed by atoms with E-state index in [9.17, 15) is 22.8 Å². The fourth-order valence-corrected chi connectivity index (χ4v) is 7.02. The summed E-state index contributed by atoms with van der Waals surface area (Å²) in [5.74, 6) is -1.36. The van der Waals surface area contributed by atoms with E-state index in [4.69, 9.17) is 0 Å². The van der Waals surface area contributed by atoms with Gasteiger partial charge in [-0.25, -0.2) is 13.4 Å². The Morgan fingerprint density at radius 1 is 0.844 bits per heavy atom. The molecular weight excluding hydrogens is 588 g/mol. The number of amides is 2. The molecule has 5 aromatic rings. The van der Waals surface area contributed by atoms with E-state index in [0.717, 1.165) is 31.4 Å². The minimum Gasteiger partial charge on any atom is -0.344 e. The summed E-state index contributed by atoms with van der Waals surface area (Å²) in [5.41, 5.74) is 1.25. The van der Waals surface area contributed by atoms with Gasteiger partial charge in [0.1, 0.15) is 6.04 Å². The van der Waals surface area contributed by atoms with Gasteiger partial charge in [-0.15, -0.1) is 0 Å². The van der Waals surface area contributed by atoms with E-state index in [1.807, 2.05) is 72.8 Å². The normalized spacial score (nSPS) is 16.6. The molecule has 2 amide bonds. The number of Topliss-reactive ketones (excluding diaryl/α,β-unsaturated/α-hetero) is 1. The van der Waals surface area contributed by atoms with Gasteiger partial charge in [0.05, 0.1) is 12.6 Å². The largest absolute Gasteiger partial charge is 0.344 e. The second-order valence-electron chi connectivity index (χ2n) is 11.1. The Balaban J connectivity index is 1.22. The molecule has 0 spiro atoms. The molecule has 1 aliphatic rings. The lowest BCUT2D eigenvalue weighted by molar-refractivity contribution is -0.128. The van der Waals surface area contributed by atoms with Gasteiger partial charge in [-0.05, 0) is 64.2 Å². The highest BCUT2D eigenvalue weighted by molar-refractivity contribution is 7.89. The molecule has 0 saturated carbocycles. The third kappa shape index (κ3) is 6.77. The number of ketones is 1. The molecule has 4 aromatic carbocycles. The number of hydrogen-bond acceptors (Lipinski definition) is 6. The van der Waals surface area contributed by atoms with E-state index in [2.05, 4.69) is 15.6 Å². The minimum absolute atomic E-state index is 0.121. The second-order valence-corrected chi connectivity index (χ2v) is 13.0. The molecule has 0 unspecified atom stereocenters. The van der Waals surface area contributed by atoms with Crippen LogP contribution in [0.2, 0.25) is 0 Å². The SMILES string of the molecule is O=C(N[C@@H](Cc1ccc2ccccc2c1)C(=O)N[C@H]1CCCN(S(=O)(=O)c2ccccn2)CC1=O)c1ccc2ccccc2c1. The van der Waals surface area contributed by atoms with Gasteiger partial charge in [-0.1, -0.05) is 78.9 Å². The van der Waals surface area contributed by atoms with Crippen LogP contribution in [0, 0.1) is 0 Å². The molecular formula is C35H32N4O5S. The highest BCUT2D eigenvalue weighted by Gasteiger charge is 2.34. The lowest BCUT2D eigenvalue weighted by Crippen LogP contribution is -2.53. The Bertz CT molecular complexity index is 2000. The van der Waals surface area contributed by atoms with Gasteiger partial charge in [0.15, 0.2) is 10.8 Å². The van der Waals surface area contributed by atoms with Crippen molar-refractivity contribution in [1.82, 2.24) is 19.9 Å². The highest BCUT2D eigenvalue weighted by atomic mass is 32.2. The van der Waals surface area contributed by atoms with E-state index in [1.54, 1.807) is 24.3 Å². The third-order valence-corrected chi connectivity index (χ3v) is 9.83. The van der Waals surface area contributed by atoms with Crippen LogP contribution in [-0.2, 0) is 26.0 Å². The van der Waals surface area contributed by atoms with Crippen molar-refractivity contribution in [3.8, 4) is 0 Å². The molecule has 1 aliphatic heterocycles. The summed E-state index contributed by atoms with van der Waals surface area (Å²) in [7, 11) is -3.98. The van der Waals surface area contributed by atoms with Crippen LogP contribution in [0.25, 0.3) is 21.5 Å². The molecule has 0 radical (unpaired) electrons. The summed E-state index contributed by atoms with van der Waals surface area (Å²) in [6.07, 6.45) is 2.20. The van der Waals surface area contributed by atoms with Crippen LogP contribution in [-0.4, -0.2) is 60.5 Å². The number of carbonyl (C=O) groups is 3. The third-order valence-electron chi connectivity index (χ3n) is 8.07. The van der Waals surface area contributed by atoms with Crippen LogP contribution in [0.1, 0.15) is 28.8 Å². The van der Waals surface area contributed by atoms with E-state index < -0.39 is 39.7 Å². The molecule has 9 nitrogen and oxygen atoms in total. The Morgan fingerprint density at radius 3 is 2.22 bits per heavy atom. The van der Waals surface area contributed by atoms with E-state index >= 15 is 0 Å². The van der Waals surface area contributed by atoms with Crippen LogP contribution >= 0.6 is 0 Å². The monoisotopic (exact) mass is 620 g/mol. The van der Waals surface area contributed by atoms with Crippen molar-refractivity contribution in [2.24, 2.45) is 0 Å². The summed E-state index contributed by atoms with van der Waals surface area (Å²) in [6.45, 7) is -0.265. The molecule has 228 valence electrons. The molecule has 2 N–H and O–H groups in total. The predicted molar refractivity (Wildman–Crippen MR) is 172 cm³/mol. The number of nitrogens with zero attached hydrogens (tertiary/aromatic N) is 2. The summed E-state index contributed by atoms with van der Waals surface area (Å²) in [6, 6.07) is 29.5. The summed E-state index contributed by atoms with van der Waals surface area (Å²) >= 11 is 0. The second kappa shape index (κ2) is 13.0. The molecule has 10 heteroatoms. The molecule has 0 aliphatic carbocycles. The van der Waals surface area contributed by atoms with Crippen molar-refractivity contribution in [3.63, 3.8) is 0 Å². The van der Waals surface area contributed by atoms with Gasteiger partial charge in [0, 0.05) is 24.7 Å². The molecule has 0 bridgehead atoms. The Hall–Kier alpha value is -4.93. The number of rotatable bonds is 8. The maximum absolute atomic E-state index is 13.8. The van der Waals surface area contributed by atoms with Gasteiger partial charge in [0.2, 0.25) is 5.91 Å². The fraction of sp³-hybridized carbons (Fsp3) is 0.200. The van der Waals surface area contributed by atoms with Crippen LogP contribution in [0.3, 0.4) is 0 Å². The average molecular weight is 621 g/mol. The number of hydrogen-bond donors (Lipinski definition) is 2. The van der Waals surface area contributed by atoms with Gasteiger partial charge in [-0.2, -0.15) is 4.31 Å². The van der Waals surface area contributed by atoms with Crippen molar-refractivity contribution < 1.29 is 22.8 Å². The van der Waals surface area contributed by atoms with Gasteiger partial charge in [-0.3, -0.25) is 14.4 Å². The lowest BCUT2D eigenvalue weighted by Gasteiger charge is -2.23. The van der Waals surface area contributed by atoms with Gasteiger partial charge >= 0.3 is 0 Å². The van der Waals surface area contributed by atoms with E-state index in [0.29, 0.717) is 12.0 Å². The highest BCUT2D eigenvalue weighted by Crippen LogP contribution is 2.20. The zero-order valence-electron chi connectivity index (χ0n) is 24.4. The number of benzene rings is 4.